The number of hydrogen-bond donors (Lipinski definition) is 3. The molecule has 148 valence electrons. The van der Waals surface area contributed by atoms with Crippen molar-refractivity contribution in [3.8, 4) is 5.75 Å². The smallest absolute Gasteiger partial charge is 0.142 e. The van der Waals surface area contributed by atoms with Crippen molar-refractivity contribution in [2.75, 3.05) is 37.4 Å². The van der Waals surface area contributed by atoms with Crippen molar-refractivity contribution in [1.82, 2.24) is 14.9 Å². The van der Waals surface area contributed by atoms with Crippen LogP contribution in [0, 0.1) is 0 Å². The van der Waals surface area contributed by atoms with Crippen molar-refractivity contribution in [3.05, 3.63) is 41.6 Å². The number of aryl methyl sites for hydroxylation is 2. The highest BCUT2D eigenvalue weighted by molar-refractivity contribution is 5.84. The van der Waals surface area contributed by atoms with Crippen LogP contribution in [0.15, 0.2) is 30.3 Å². The maximum Gasteiger partial charge on any atom is 0.142 e. The SMILES string of the molecule is CCc1c(CCCNC)n(C)c2nc(Nc3ccc4c(c3)NCCO4)ccc12. The van der Waals surface area contributed by atoms with Crippen LogP contribution in [-0.2, 0) is 19.9 Å². The van der Waals surface area contributed by atoms with Crippen LogP contribution in [0.4, 0.5) is 17.2 Å². The van der Waals surface area contributed by atoms with Gasteiger partial charge in [0.2, 0.25) is 0 Å². The molecular weight excluding hydrogens is 350 g/mol. The Morgan fingerprint density at radius 2 is 2.14 bits per heavy atom. The average molecular weight is 380 g/mol. The maximum absolute atomic E-state index is 5.66. The van der Waals surface area contributed by atoms with Gasteiger partial charge in [0.05, 0.1) is 5.69 Å². The van der Waals surface area contributed by atoms with Crippen LogP contribution < -0.4 is 20.7 Å². The summed E-state index contributed by atoms with van der Waals surface area (Å²) >= 11 is 0. The molecule has 0 radical (unpaired) electrons. The molecule has 0 fully saturated rings. The van der Waals surface area contributed by atoms with Gasteiger partial charge in [0, 0.05) is 30.4 Å². The van der Waals surface area contributed by atoms with Crippen LogP contribution in [0.2, 0.25) is 0 Å². The Bertz CT molecular complexity index is 979. The Balaban J connectivity index is 1.63. The number of hydrogen-bond acceptors (Lipinski definition) is 5. The van der Waals surface area contributed by atoms with Gasteiger partial charge in [0.25, 0.3) is 0 Å². The quantitative estimate of drug-likeness (QED) is 0.545. The summed E-state index contributed by atoms with van der Waals surface area (Å²) in [4.78, 5) is 4.92. The molecule has 6 heteroatoms. The van der Waals surface area contributed by atoms with Crippen LogP contribution in [0.25, 0.3) is 11.0 Å². The average Bonchev–Trinajstić information content (AvgIpc) is 2.99. The summed E-state index contributed by atoms with van der Waals surface area (Å²) in [5.41, 5.74) is 5.88. The standard InChI is InChI=1S/C22H29N5O/c1-4-16-17-8-10-21(26-22(17)27(3)19(16)6-5-11-23-2)25-15-7-9-20-18(14-15)24-12-13-28-20/h7-10,14,23-24H,4-6,11-13H2,1-3H3,(H,25,26). The molecule has 0 unspecified atom stereocenters. The van der Waals surface area contributed by atoms with Crippen molar-refractivity contribution >= 4 is 28.2 Å². The van der Waals surface area contributed by atoms with Gasteiger partial charge in [0.15, 0.2) is 0 Å². The lowest BCUT2D eigenvalue weighted by molar-refractivity contribution is 0.323. The second-order valence-corrected chi connectivity index (χ2v) is 7.22. The molecule has 0 saturated heterocycles. The molecule has 0 spiro atoms. The third kappa shape index (κ3) is 3.52. The molecule has 3 heterocycles. The first-order valence-corrected chi connectivity index (χ1v) is 10.1. The lowest BCUT2D eigenvalue weighted by Gasteiger charge is -2.20. The Morgan fingerprint density at radius 3 is 2.96 bits per heavy atom. The molecule has 3 N–H and O–H groups in total. The van der Waals surface area contributed by atoms with Gasteiger partial charge in [0.1, 0.15) is 23.8 Å². The van der Waals surface area contributed by atoms with Gasteiger partial charge in [-0.05, 0) is 68.8 Å². The topological polar surface area (TPSA) is 63.1 Å². The van der Waals surface area contributed by atoms with E-state index in [9.17, 15) is 0 Å². The number of ether oxygens (including phenoxy) is 1. The molecule has 28 heavy (non-hydrogen) atoms. The lowest BCUT2D eigenvalue weighted by atomic mass is 10.1. The predicted molar refractivity (Wildman–Crippen MR) is 116 cm³/mol. The second kappa shape index (κ2) is 8.10. The summed E-state index contributed by atoms with van der Waals surface area (Å²) in [6, 6.07) is 10.4. The van der Waals surface area contributed by atoms with Gasteiger partial charge in [-0.15, -0.1) is 0 Å². The van der Waals surface area contributed by atoms with Crippen LogP contribution in [0.5, 0.6) is 5.75 Å². The van der Waals surface area contributed by atoms with E-state index >= 15 is 0 Å². The Hall–Kier alpha value is -2.73. The number of anilines is 3. The van der Waals surface area contributed by atoms with Crippen LogP contribution >= 0.6 is 0 Å². The molecule has 0 amide bonds. The minimum absolute atomic E-state index is 0.710. The third-order valence-corrected chi connectivity index (χ3v) is 5.39. The molecule has 0 aliphatic carbocycles. The van der Waals surface area contributed by atoms with Gasteiger partial charge in [-0.25, -0.2) is 4.98 Å². The first kappa shape index (κ1) is 18.6. The second-order valence-electron chi connectivity index (χ2n) is 7.22. The van der Waals surface area contributed by atoms with Crippen molar-refractivity contribution < 1.29 is 4.74 Å². The number of fused-ring (bicyclic) bond motifs is 2. The first-order valence-electron chi connectivity index (χ1n) is 10.1. The van der Waals surface area contributed by atoms with E-state index in [1.807, 2.05) is 19.2 Å². The molecule has 3 aromatic rings. The van der Waals surface area contributed by atoms with Crippen molar-refractivity contribution in [1.29, 1.82) is 0 Å². The summed E-state index contributed by atoms with van der Waals surface area (Å²) in [5.74, 6) is 1.76. The third-order valence-electron chi connectivity index (χ3n) is 5.39. The summed E-state index contributed by atoms with van der Waals surface area (Å²) < 4.78 is 7.92. The van der Waals surface area contributed by atoms with Gasteiger partial charge in [-0.1, -0.05) is 6.92 Å². The molecule has 4 rings (SSSR count). The van der Waals surface area contributed by atoms with Gasteiger partial charge >= 0.3 is 0 Å². The molecule has 1 aromatic carbocycles. The van der Waals surface area contributed by atoms with Crippen molar-refractivity contribution in [2.45, 2.75) is 26.2 Å². The highest BCUT2D eigenvalue weighted by atomic mass is 16.5. The van der Waals surface area contributed by atoms with Gasteiger partial charge in [-0.3, -0.25) is 0 Å². The molecule has 6 nitrogen and oxygen atoms in total. The Morgan fingerprint density at radius 1 is 1.25 bits per heavy atom. The largest absolute Gasteiger partial charge is 0.490 e. The zero-order valence-corrected chi connectivity index (χ0v) is 16.9. The van der Waals surface area contributed by atoms with E-state index < -0.39 is 0 Å². The molecule has 0 saturated carbocycles. The van der Waals surface area contributed by atoms with Gasteiger partial charge in [-0.2, -0.15) is 0 Å². The van der Waals surface area contributed by atoms with E-state index in [1.54, 1.807) is 0 Å². The van der Waals surface area contributed by atoms with Crippen molar-refractivity contribution in [3.63, 3.8) is 0 Å². The number of rotatable bonds is 7. The van der Waals surface area contributed by atoms with E-state index in [4.69, 9.17) is 9.72 Å². The monoisotopic (exact) mass is 379 g/mol. The number of pyridine rings is 1. The maximum atomic E-state index is 5.66. The zero-order chi connectivity index (χ0) is 19.5. The fourth-order valence-corrected chi connectivity index (χ4v) is 4.01. The highest BCUT2D eigenvalue weighted by Crippen LogP contribution is 2.32. The summed E-state index contributed by atoms with van der Waals surface area (Å²) in [6.45, 7) is 4.80. The van der Waals surface area contributed by atoms with E-state index in [1.165, 1.54) is 16.6 Å². The Labute approximate surface area is 166 Å². The number of aromatic nitrogens is 2. The normalized spacial score (nSPS) is 13.1. The molecule has 1 aliphatic rings. The number of nitrogens with one attached hydrogen (secondary N) is 3. The number of nitrogens with zero attached hydrogens (tertiary/aromatic N) is 2. The minimum atomic E-state index is 0.710. The van der Waals surface area contributed by atoms with Crippen molar-refractivity contribution in [2.24, 2.45) is 7.05 Å². The predicted octanol–water partition coefficient (Wildman–Crippen LogP) is 3.84. The molecule has 2 aromatic heterocycles. The van der Waals surface area contributed by atoms with E-state index in [0.717, 1.165) is 60.9 Å². The fraction of sp³-hybridized carbons (Fsp3) is 0.409. The van der Waals surface area contributed by atoms with Crippen LogP contribution in [0.1, 0.15) is 24.6 Å². The fourth-order valence-electron chi connectivity index (χ4n) is 4.01. The number of benzene rings is 1. The molecule has 0 bridgehead atoms. The molecule has 0 atom stereocenters. The lowest BCUT2D eigenvalue weighted by Crippen LogP contribution is -2.17. The summed E-state index contributed by atoms with van der Waals surface area (Å²) in [5, 5.41) is 11.3. The van der Waals surface area contributed by atoms with Gasteiger partial charge < -0.3 is 25.3 Å². The zero-order valence-electron chi connectivity index (χ0n) is 16.9. The minimum Gasteiger partial charge on any atom is -0.490 e. The van der Waals surface area contributed by atoms with E-state index in [2.05, 4.69) is 52.7 Å². The first-order chi connectivity index (χ1) is 13.7. The van der Waals surface area contributed by atoms with E-state index in [-0.39, 0.29) is 0 Å². The molecular formula is C22H29N5O. The highest BCUT2D eigenvalue weighted by Gasteiger charge is 2.15. The van der Waals surface area contributed by atoms with E-state index in [0.29, 0.717) is 6.61 Å². The van der Waals surface area contributed by atoms with Crippen LogP contribution in [0.3, 0.4) is 0 Å². The summed E-state index contributed by atoms with van der Waals surface area (Å²) in [6.07, 6.45) is 3.22. The van der Waals surface area contributed by atoms with Crippen LogP contribution in [-0.4, -0.2) is 36.3 Å². The summed E-state index contributed by atoms with van der Waals surface area (Å²) in [7, 11) is 4.14. The molecule has 1 aliphatic heterocycles. The Kier molecular flexibility index (Phi) is 5.39.